The first kappa shape index (κ1) is 14.8. The largest absolute Gasteiger partial charge is 0.340 e. The van der Waals surface area contributed by atoms with Gasteiger partial charge >= 0.3 is 0 Å². The molecule has 0 aromatic rings. The van der Waals surface area contributed by atoms with Gasteiger partial charge in [0.05, 0.1) is 0 Å². The van der Waals surface area contributed by atoms with Crippen molar-refractivity contribution < 1.29 is 4.79 Å². The third-order valence-electron chi connectivity index (χ3n) is 4.42. The van der Waals surface area contributed by atoms with Crippen LogP contribution < -0.4 is 5.73 Å². The van der Waals surface area contributed by atoms with Crippen LogP contribution in [0.1, 0.15) is 45.4 Å². The van der Waals surface area contributed by atoms with E-state index < -0.39 is 0 Å². The first-order valence-corrected chi connectivity index (χ1v) is 6.78. The van der Waals surface area contributed by atoms with Gasteiger partial charge in [0.1, 0.15) is 0 Å². The highest BCUT2D eigenvalue weighted by molar-refractivity contribution is 5.85. The summed E-state index contributed by atoms with van der Waals surface area (Å²) in [5.74, 6) is 1.06. The second-order valence-corrected chi connectivity index (χ2v) is 5.24. The summed E-state index contributed by atoms with van der Waals surface area (Å²) in [5.41, 5.74) is 5.76. The predicted octanol–water partition coefficient (Wildman–Crippen LogP) is 2.18. The van der Waals surface area contributed by atoms with Crippen LogP contribution in [0, 0.1) is 11.8 Å². The lowest BCUT2D eigenvalue weighted by Crippen LogP contribution is -2.47. The molecule has 2 N–H and O–H groups in total. The minimum atomic E-state index is 0. The molecule has 0 aromatic heterocycles. The third kappa shape index (κ3) is 2.94. The van der Waals surface area contributed by atoms with Crippen LogP contribution >= 0.6 is 12.4 Å². The SMILES string of the molecule is CCN(C(=O)[C@@H]1CCC[C@@H]1CN)C1CCC1.Cl. The monoisotopic (exact) mass is 260 g/mol. The van der Waals surface area contributed by atoms with Gasteiger partial charge in [0.25, 0.3) is 0 Å². The van der Waals surface area contributed by atoms with E-state index in [9.17, 15) is 4.79 Å². The Balaban J connectivity index is 0.00000144. The Morgan fingerprint density at radius 3 is 2.35 bits per heavy atom. The van der Waals surface area contributed by atoms with Gasteiger partial charge < -0.3 is 10.6 Å². The second kappa shape index (κ2) is 6.60. The van der Waals surface area contributed by atoms with Crippen molar-refractivity contribution in [1.82, 2.24) is 4.90 Å². The smallest absolute Gasteiger partial charge is 0.226 e. The van der Waals surface area contributed by atoms with E-state index in [1.165, 1.54) is 25.7 Å². The van der Waals surface area contributed by atoms with Crippen LogP contribution in [0.15, 0.2) is 0 Å². The van der Waals surface area contributed by atoms with Gasteiger partial charge in [0, 0.05) is 18.5 Å². The van der Waals surface area contributed by atoms with Gasteiger partial charge in [0.15, 0.2) is 0 Å². The summed E-state index contributed by atoms with van der Waals surface area (Å²) in [6.45, 7) is 3.65. The van der Waals surface area contributed by atoms with Crippen LogP contribution in [0.2, 0.25) is 0 Å². The van der Waals surface area contributed by atoms with Crippen molar-refractivity contribution in [3.8, 4) is 0 Å². The van der Waals surface area contributed by atoms with Gasteiger partial charge in [-0.25, -0.2) is 0 Å². The summed E-state index contributed by atoms with van der Waals surface area (Å²) >= 11 is 0. The van der Waals surface area contributed by atoms with E-state index in [2.05, 4.69) is 11.8 Å². The number of nitrogens with zero attached hydrogens (tertiary/aromatic N) is 1. The highest BCUT2D eigenvalue weighted by Gasteiger charge is 2.37. The molecule has 2 aliphatic rings. The number of rotatable bonds is 4. The fourth-order valence-corrected chi connectivity index (χ4v) is 3.15. The fourth-order valence-electron chi connectivity index (χ4n) is 3.15. The quantitative estimate of drug-likeness (QED) is 0.842. The zero-order valence-electron chi connectivity index (χ0n) is 10.7. The molecule has 1 amide bonds. The predicted molar refractivity (Wildman–Crippen MR) is 72.2 cm³/mol. The number of hydrogen-bond donors (Lipinski definition) is 1. The van der Waals surface area contributed by atoms with E-state index in [-0.39, 0.29) is 18.3 Å². The molecule has 2 saturated carbocycles. The molecule has 0 saturated heterocycles. The fraction of sp³-hybridized carbons (Fsp3) is 0.923. The maximum Gasteiger partial charge on any atom is 0.226 e. The molecule has 0 bridgehead atoms. The van der Waals surface area contributed by atoms with Crippen molar-refractivity contribution >= 4 is 18.3 Å². The zero-order chi connectivity index (χ0) is 11.5. The summed E-state index contributed by atoms with van der Waals surface area (Å²) in [6.07, 6.45) is 7.10. The van der Waals surface area contributed by atoms with Crippen LogP contribution in [0.25, 0.3) is 0 Å². The minimum absolute atomic E-state index is 0. The van der Waals surface area contributed by atoms with Gasteiger partial charge in [-0.3, -0.25) is 4.79 Å². The van der Waals surface area contributed by atoms with E-state index in [4.69, 9.17) is 5.73 Å². The standard InChI is InChI=1S/C13H24N2O.ClH/c1-2-15(11-6-4-7-11)13(16)12-8-3-5-10(12)9-14;/h10-12H,2-9,14H2,1H3;1H/t10-,12-;/m1./s1. The van der Waals surface area contributed by atoms with Crippen molar-refractivity contribution in [2.24, 2.45) is 17.6 Å². The van der Waals surface area contributed by atoms with Gasteiger partial charge in [-0.05, 0) is 51.5 Å². The van der Waals surface area contributed by atoms with Crippen molar-refractivity contribution in [2.75, 3.05) is 13.1 Å². The number of nitrogens with two attached hydrogens (primary N) is 1. The van der Waals surface area contributed by atoms with Crippen LogP contribution in [-0.4, -0.2) is 29.9 Å². The molecule has 2 atom stereocenters. The third-order valence-corrected chi connectivity index (χ3v) is 4.42. The molecular weight excluding hydrogens is 236 g/mol. The van der Waals surface area contributed by atoms with Gasteiger partial charge in [-0.2, -0.15) is 0 Å². The second-order valence-electron chi connectivity index (χ2n) is 5.24. The first-order valence-electron chi connectivity index (χ1n) is 6.78. The molecule has 2 aliphatic carbocycles. The van der Waals surface area contributed by atoms with E-state index in [0.29, 0.717) is 24.4 Å². The molecule has 2 fully saturated rings. The summed E-state index contributed by atoms with van der Waals surface area (Å²) in [6, 6.07) is 0.538. The Hall–Kier alpha value is -0.280. The zero-order valence-corrected chi connectivity index (χ0v) is 11.5. The molecule has 100 valence electrons. The molecular formula is C13H25ClN2O. The summed E-state index contributed by atoms with van der Waals surface area (Å²) in [4.78, 5) is 14.6. The van der Waals surface area contributed by atoms with Crippen LogP contribution in [-0.2, 0) is 4.79 Å². The maximum atomic E-state index is 12.5. The number of hydrogen-bond acceptors (Lipinski definition) is 2. The van der Waals surface area contributed by atoms with E-state index >= 15 is 0 Å². The normalized spacial score (nSPS) is 28.4. The average molecular weight is 261 g/mol. The highest BCUT2D eigenvalue weighted by Crippen LogP contribution is 2.34. The molecule has 0 heterocycles. The molecule has 2 rings (SSSR count). The molecule has 3 nitrogen and oxygen atoms in total. The summed E-state index contributed by atoms with van der Waals surface area (Å²) < 4.78 is 0. The van der Waals surface area contributed by atoms with E-state index in [0.717, 1.165) is 19.4 Å². The van der Waals surface area contributed by atoms with Gasteiger partial charge in [-0.15, -0.1) is 12.4 Å². The van der Waals surface area contributed by atoms with E-state index in [1.807, 2.05) is 0 Å². The average Bonchev–Trinajstić information content (AvgIpc) is 2.69. The number of carbonyl (C=O) groups is 1. The Kier molecular flexibility index (Phi) is 5.74. The topological polar surface area (TPSA) is 46.3 Å². The lowest BCUT2D eigenvalue weighted by molar-refractivity contribution is -0.140. The summed E-state index contributed by atoms with van der Waals surface area (Å²) in [7, 11) is 0. The molecule has 0 aromatic carbocycles. The summed E-state index contributed by atoms with van der Waals surface area (Å²) in [5, 5.41) is 0. The number of amides is 1. The number of halogens is 1. The molecule has 0 radical (unpaired) electrons. The van der Waals surface area contributed by atoms with Gasteiger partial charge in [0.2, 0.25) is 5.91 Å². The number of carbonyl (C=O) groups excluding carboxylic acids is 1. The Labute approximate surface area is 111 Å². The minimum Gasteiger partial charge on any atom is -0.340 e. The molecule has 0 unspecified atom stereocenters. The van der Waals surface area contributed by atoms with Crippen molar-refractivity contribution in [3.05, 3.63) is 0 Å². The van der Waals surface area contributed by atoms with Crippen molar-refractivity contribution in [1.29, 1.82) is 0 Å². The van der Waals surface area contributed by atoms with E-state index in [1.54, 1.807) is 0 Å². The van der Waals surface area contributed by atoms with Crippen LogP contribution in [0.5, 0.6) is 0 Å². The van der Waals surface area contributed by atoms with Crippen molar-refractivity contribution in [2.45, 2.75) is 51.5 Å². The first-order chi connectivity index (χ1) is 7.77. The van der Waals surface area contributed by atoms with Gasteiger partial charge in [-0.1, -0.05) is 6.42 Å². The Bertz CT molecular complexity index is 252. The lowest BCUT2D eigenvalue weighted by atomic mass is 9.88. The molecule has 0 aliphatic heterocycles. The van der Waals surface area contributed by atoms with Crippen LogP contribution in [0.3, 0.4) is 0 Å². The molecule has 4 heteroatoms. The molecule has 17 heavy (non-hydrogen) atoms. The Morgan fingerprint density at radius 2 is 1.88 bits per heavy atom. The lowest BCUT2D eigenvalue weighted by Gasteiger charge is -2.39. The maximum absolute atomic E-state index is 12.5. The highest BCUT2D eigenvalue weighted by atomic mass is 35.5. The van der Waals surface area contributed by atoms with Crippen LogP contribution in [0.4, 0.5) is 0 Å². The molecule has 0 spiro atoms. The van der Waals surface area contributed by atoms with Crippen molar-refractivity contribution in [3.63, 3.8) is 0 Å². The Morgan fingerprint density at radius 1 is 1.24 bits per heavy atom.